The molecule has 2 aliphatic heterocycles. The van der Waals surface area contributed by atoms with Crippen LogP contribution in [0.2, 0.25) is 0 Å². The van der Waals surface area contributed by atoms with Crippen molar-refractivity contribution in [1.82, 2.24) is 19.9 Å². The van der Waals surface area contributed by atoms with E-state index < -0.39 is 0 Å². The summed E-state index contributed by atoms with van der Waals surface area (Å²) < 4.78 is 10.9. The fourth-order valence-corrected chi connectivity index (χ4v) is 4.00. The van der Waals surface area contributed by atoms with Crippen molar-refractivity contribution in [1.29, 1.82) is 0 Å². The highest BCUT2D eigenvalue weighted by atomic mass is 16.5. The minimum absolute atomic E-state index is 0.0267. The molecule has 0 bridgehead atoms. The van der Waals surface area contributed by atoms with E-state index in [0.717, 1.165) is 38.8 Å². The van der Waals surface area contributed by atoms with Gasteiger partial charge < -0.3 is 18.7 Å². The number of rotatable bonds is 3. The van der Waals surface area contributed by atoms with E-state index in [1.807, 2.05) is 4.90 Å². The first kappa shape index (κ1) is 18.7. The Morgan fingerprint density at radius 2 is 1.68 bits per heavy atom. The van der Waals surface area contributed by atoms with Gasteiger partial charge in [-0.15, -0.1) is 0 Å². The van der Waals surface area contributed by atoms with Crippen LogP contribution in [0.4, 0.5) is 0 Å². The van der Waals surface area contributed by atoms with E-state index in [-0.39, 0.29) is 17.7 Å². The summed E-state index contributed by atoms with van der Waals surface area (Å²) in [6, 6.07) is 1.66. The smallest absolute Gasteiger partial charge is 0.276 e. The van der Waals surface area contributed by atoms with Gasteiger partial charge in [-0.2, -0.15) is 0 Å². The third-order valence-corrected chi connectivity index (χ3v) is 5.64. The van der Waals surface area contributed by atoms with E-state index in [4.69, 9.17) is 8.94 Å². The number of aryl methyl sites for hydroxylation is 2. The van der Waals surface area contributed by atoms with Crippen LogP contribution in [0.25, 0.3) is 0 Å². The minimum atomic E-state index is -0.111. The Labute approximate surface area is 163 Å². The zero-order valence-electron chi connectivity index (χ0n) is 16.4. The molecular formula is C20H26N4O4. The molecule has 0 atom stereocenters. The van der Waals surface area contributed by atoms with Gasteiger partial charge in [0.25, 0.3) is 11.8 Å². The molecule has 0 N–H and O–H groups in total. The topological polar surface area (TPSA) is 92.7 Å². The number of carbonyl (C=O) groups is 2. The second-order valence-corrected chi connectivity index (χ2v) is 7.70. The molecule has 0 saturated carbocycles. The Kier molecular flexibility index (Phi) is 5.19. The number of oxazole rings is 1. The number of carbonyl (C=O) groups excluding carboxylic acids is 2. The molecule has 0 radical (unpaired) electrons. The van der Waals surface area contributed by atoms with Crippen molar-refractivity contribution in [3.05, 3.63) is 34.9 Å². The number of hydrogen-bond donors (Lipinski definition) is 0. The van der Waals surface area contributed by atoms with Crippen LogP contribution in [0.5, 0.6) is 0 Å². The zero-order valence-corrected chi connectivity index (χ0v) is 16.4. The van der Waals surface area contributed by atoms with E-state index in [1.54, 1.807) is 24.8 Å². The molecule has 8 heteroatoms. The average molecular weight is 386 g/mol. The van der Waals surface area contributed by atoms with Gasteiger partial charge in [0.2, 0.25) is 0 Å². The molecule has 4 rings (SSSR count). The van der Waals surface area contributed by atoms with Crippen molar-refractivity contribution in [3.63, 3.8) is 0 Å². The fraction of sp³-hybridized carbons (Fsp3) is 0.600. The highest BCUT2D eigenvalue weighted by Crippen LogP contribution is 2.30. The molecule has 2 fully saturated rings. The van der Waals surface area contributed by atoms with Gasteiger partial charge in [-0.3, -0.25) is 9.59 Å². The van der Waals surface area contributed by atoms with Gasteiger partial charge in [-0.1, -0.05) is 5.16 Å². The van der Waals surface area contributed by atoms with E-state index in [0.29, 0.717) is 41.9 Å². The van der Waals surface area contributed by atoms with Gasteiger partial charge in [0.05, 0.1) is 0 Å². The maximum Gasteiger partial charge on any atom is 0.276 e. The third-order valence-electron chi connectivity index (χ3n) is 5.64. The Morgan fingerprint density at radius 3 is 2.32 bits per heavy atom. The first-order valence-corrected chi connectivity index (χ1v) is 10.0. The second kappa shape index (κ2) is 7.77. The van der Waals surface area contributed by atoms with Crippen molar-refractivity contribution in [3.8, 4) is 0 Å². The molecule has 0 aromatic carbocycles. The molecule has 0 unspecified atom stereocenters. The molecule has 2 amide bonds. The molecule has 2 aromatic rings. The molecule has 8 nitrogen and oxygen atoms in total. The number of amides is 2. The number of hydrogen-bond acceptors (Lipinski definition) is 6. The number of likely N-dealkylation sites (tertiary alicyclic amines) is 2. The average Bonchev–Trinajstić information content (AvgIpc) is 3.33. The predicted octanol–water partition coefficient (Wildman–Crippen LogP) is 2.93. The Balaban J connectivity index is 1.39. The van der Waals surface area contributed by atoms with Crippen LogP contribution >= 0.6 is 0 Å². The Hall–Kier alpha value is -2.64. The lowest BCUT2D eigenvalue weighted by atomic mass is 9.96. The van der Waals surface area contributed by atoms with Crippen LogP contribution in [0.3, 0.4) is 0 Å². The van der Waals surface area contributed by atoms with Crippen LogP contribution in [-0.2, 0) is 0 Å². The van der Waals surface area contributed by atoms with E-state index >= 15 is 0 Å². The Bertz CT molecular complexity index is 857. The summed E-state index contributed by atoms with van der Waals surface area (Å²) in [5, 5.41) is 3.81. The molecule has 2 aromatic heterocycles. The fourth-order valence-electron chi connectivity index (χ4n) is 4.00. The summed E-state index contributed by atoms with van der Waals surface area (Å²) >= 11 is 0. The largest absolute Gasteiger partial charge is 0.445 e. The molecule has 2 aliphatic rings. The van der Waals surface area contributed by atoms with Crippen molar-refractivity contribution in [2.24, 2.45) is 0 Å². The maximum atomic E-state index is 12.8. The number of aromatic nitrogens is 2. The predicted molar refractivity (Wildman–Crippen MR) is 100 cm³/mol. The van der Waals surface area contributed by atoms with Gasteiger partial charge in [0.1, 0.15) is 11.5 Å². The van der Waals surface area contributed by atoms with Crippen molar-refractivity contribution in [2.45, 2.75) is 51.9 Å². The third kappa shape index (κ3) is 3.68. The molecule has 4 heterocycles. The van der Waals surface area contributed by atoms with E-state index in [9.17, 15) is 9.59 Å². The molecule has 150 valence electrons. The van der Waals surface area contributed by atoms with Crippen LogP contribution in [-0.4, -0.2) is 57.9 Å². The Morgan fingerprint density at radius 1 is 1.00 bits per heavy atom. The van der Waals surface area contributed by atoms with Gasteiger partial charge in [-0.05, 0) is 46.0 Å². The molecule has 2 saturated heterocycles. The lowest BCUT2D eigenvalue weighted by molar-refractivity contribution is 0.0694. The molecule has 0 aliphatic carbocycles. The first-order chi connectivity index (χ1) is 13.5. The number of piperidine rings is 2. The summed E-state index contributed by atoms with van der Waals surface area (Å²) in [5.41, 5.74) is 0.783. The normalized spacial score (nSPS) is 18.5. The van der Waals surface area contributed by atoms with Crippen molar-refractivity contribution < 1.29 is 18.5 Å². The standard InChI is InChI=1S/C20H26N4O4/c1-13-12-16(22-28-13)19(25)24-10-6-15(7-11-24)18-21-17(14(2)27-18)20(26)23-8-4-3-5-9-23/h12,15H,3-11H2,1-2H3. The van der Waals surface area contributed by atoms with Crippen LogP contribution in [0.15, 0.2) is 15.0 Å². The van der Waals surface area contributed by atoms with Crippen LogP contribution in [0, 0.1) is 13.8 Å². The monoisotopic (exact) mass is 386 g/mol. The summed E-state index contributed by atoms with van der Waals surface area (Å²) in [6.45, 7) is 6.37. The van der Waals surface area contributed by atoms with Crippen molar-refractivity contribution >= 4 is 11.8 Å². The van der Waals surface area contributed by atoms with Gasteiger partial charge in [0, 0.05) is 38.2 Å². The second-order valence-electron chi connectivity index (χ2n) is 7.70. The van der Waals surface area contributed by atoms with E-state index in [1.165, 1.54) is 6.42 Å². The summed E-state index contributed by atoms with van der Waals surface area (Å²) in [5.74, 6) is 1.80. The first-order valence-electron chi connectivity index (χ1n) is 10.0. The van der Waals surface area contributed by atoms with Crippen molar-refractivity contribution in [2.75, 3.05) is 26.2 Å². The zero-order chi connectivity index (χ0) is 19.7. The van der Waals surface area contributed by atoms with Gasteiger partial charge >= 0.3 is 0 Å². The maximum absolute atomic E-state index is 12.8. The number of nitrogens with zero attached hydrogens (tertiary/aromatic N) is 4. The summed E-state index contributed by atoms with van der Waals surface area (Å²) in [4.78, 5) is 33.5. The molecule has 28 heavy (non-hydrogen) atoms. The summed E-state index contributed by atoms with van der Waals surface area (Å²) in [6.07, 6.45) is 4.78. The van der Waals surface area contributed by atoms with Gasteiger partial charge in [-0.25, -0.2) is 4.98 Å². The van der Waals surface area contributed by atoms with Crippen LogP contribution in [0.1, 0.15) is 76.4 Å². The lowest BCUT2D eigenvalue weighted by Gasteiger charge is -2.30. The van der Waals surface area contributed by atoms with E-state index in [2.05, 4.69) is 10.1 Å². The highest BCUT2D eigenvalue weighted by Gasteiger charge is 2.31. The van der Waals surface area contributed by atoms with Gasteiger partial charge in [0.15, 0.2) is 17.3 Å². The highest BCUT2D eigenvalue weighted by molar-refractivity contribution is 5.93. The quantitative estimate of drug-likeness (QED) is 0.805. The molecular weight excluding hydrogens is 360 g/mol. The summed E-state index contributed by atoms with van der Waals surface area (Å²) in [7, 11) is 0. The SMILES string of the molecule is Cc1cc(C(=O)N2CCC(c3nc(C(=O)N4CCCCC4)c(C)o3)CC2)no1. The molecule has 0 spiro atoms. The lowest BCUT2D eigenvalue weighted by Crippen LogP contribution is -2.38. The minimum Gasteiger partial charge on any atom is -0.445 e. The van der Waals surface area contributed by atoms with Crippen LogP contribution < -0.4 is 0 Å².